The van der Waals surface area contributed by atoms with E-state index in [-0.39, 0.29) is 35.2 Å². The van der Waals surface area contributed by atoms with Crippen molar-refractivity contribution in [1.82, 2.24) is 25.4 Å². The lowest BCUT2D eigenvalue weighted by molar-refractivity contribution is -0.135. The predicted octanol–water partition coefficient (Wildman–Crippen LogP) is 2.85. The molecule has 4 aliphatic rings. The first-order valence-corrected chi connectivity index (χ1v) is 15.6. The van der Waals surface area contributed by atoms with Gasteiger partial charge in [-0.1, -0.05) is 18.1 Å². The molecule has 2 aromatic rings. The van der Waals surface area contributed by atoms with Gasteiger partial charge in [-0.25, -0.2) is 9.02 Å². The number of halogens is 1. The molecule has 43 heavy (non-hydrogen) atoms. The molecule has 4 N–H and O–H groups in total. The quantitative estimate of drug-likeness (QED) is 0.360. The van der Waals surface area contributed by atoms with Crippen molar-refractivity contribution in [1.29, 1.82) is 0 Å². The smallest absolute Gasteiger partial charge is 0.276 e. The summed E-state index contributed by atoms with van der Waals surface area (Å²) in [5.41, 5.74) is 7.61. The van der Waals surface area contributed by atoms with E-state index < -0.39 is 35.6 Å². The first-order valence-electron chi connectivity index (χ1n) is 15.6. The highest BCUT2D eigenvalue weighted by atomic mass is 19.1. The van der Waals surface area contributed by atoms with Crippen LogP contribution in [0.2, 0.25) is 0 Å². The molecule has 1 aromatic carbocycles. The summed E-state index contributed by atoms with van der Waals surface area (Å²) in [6, 6.07) is 3.10. The van der Waals surface area contributed by atoms with Crippen molar-refractivity contribution < 1.29 is 23.4 Å². The SMILES string of the molecule is C[C@@H]1CN(C(=O)[C@H](N)[C@@H](C)c2ccc(NC(=O)[C@@H](NC(=O)c3nonc3C3CC3)C(C3CC3)C3CC3)c(F)c2)CCN1C. The predicted molar refractivity (Wildman–Crippen MR) is 157 cm³/mol. The van der Waals surface area contributed by atoms with Crippen LogP contribution in [-0.2, 0) is 9.59 Å². The molecule has 4 fully saturated rings. The van der Waals surface area contributed by atoms with Gasteiger partial charge < -0.3 is 26.2 Å². The number of nitrogens with two attached hydrogens (primary N) is 1. The summed E-state index contributed by atoms with van der Waals surface area (Å²) in [5, 5.41) is 13.4. The molecule has 0 unspecified atom stereocenters. The summed E-state index contributed by atoms with van der Waals surface area (Å²) in [4.78, 5) is 44.1. The molecule has 0 bridgehead atoms. The Labute approximate surface area is 251 Å². The number of nitrogens with one attached hydrogen (secondary N) is 2. The third kappa shape index (κ3) is 6.45. The average molecular weight is 596 g/mol. The third-order valence-electron chi connectivity index (χ3n) is 9.85. The van der Waals surface area contributed by atoms with Crippen LogP contribution < -0.4 is 16.4 Å². The number of anilines is 1. The van der Waals surface area contributed by atoms with Crippen LogP contribution in [0.5, 0.6) is 0 Å². The van der Waals surface area contributed by atoms with Crippen LogP contribution in [0.1, 0.15) is 86.0 Å². The Morgan fingerprint density at radius 1 is 1.07 bits per heavy atom. The highest BCUT2D eigenvalue weighted by Crippen LogP contribution is 2.51. The van der Waals surface area contributed by atoms with Crippen LogP contribution >= 0.6 is 0 Å². The number of likely N-dealkylation sites (N-methyl/N-ethyl adjacent to an activating group) is 1. The van der Waals surface area contributed by atoms with Crippen molar-refractivity contribution in [2.24, 2.45) is 23.5 Å². The Hall–Kier alpha value is -3.38. The number of benzene rings is 1. The van der Waals surface area contributed by atoms with Gasteiger partial charge in [0.2, 0.25) is 11.8 Å². The standard InChI is InChI=1S/C31H42FN7O4/c1-16-15-39(13-12-38(16)3)31(42)25(33)17(2)21-10-11-23(22(32)14-21)34-29(40)27(24(18-4-5-18)19-6-7-19)35-30(41)28-26(20-8-9-20)36-43-37-28/h10-11,14,16-20,24-25,27H,4-9,12-13,15,33H2,1-3H3,(H,34,40)(H,35,41)/t16-,17+,25-,27+/m1/s1. The summed E-state index contributed by atoms with van der Waals surface area (Å²) in [6.07, 6.45) is 5.87. The summed E-state index contributed by atoms with van der Waals surface area (Å²) in [5.74, 6) is -1.34. The topological polar surface area (TPSA) is 147 Å². The van der Waals surface area contributed by atoms with E-state index in [0.29, 0.717) is 36.2 Å². The molecule has 3 amide bonds. The van der Waals surface area contributed by atoms with Crippen molar-refractivity contribution in [3.05, 3.63) is 41.0 Å². The minimum Gasteiger partial charge on any atom is -0.338 e. The first kappa shape index (κ1) is 29.7. The molecule has 11 nitrogen and oxygen atoms in total. The van der Waals surface area contributed by atoms with Gasteiger partial charge in [-0.15, -0.1) is 0 Å². The molecule has 1 aliphatic heterocycles. The number of rotatable bonds is 11. The summed E-state index contributed by atoms with van der Waals surface area (Å²) < 4.78 is 20.3. The van der Waals surface area contributed by atoms with Crippen LogP contribution in [0.3, 0.4) is 0 Å². The van der Waals surface area contributed by atoms with Crippen molar-refractivity contribution in [2.45, 2.75) is 82.3 Å². The monoisotopic (exact) mass is 595 g/mol. The van der Waals surface area contributed by atoms with E-state index in [1.165, 1.54) is 12.1 Å². The Kier molecular flexibility index (Phi) is 8.25. The zero-order chi connectivity index (χ0) is 30.4. The molecule has 232 valence electrons. The van der Waals surface area contributed by atoms with Gasteiger partial charge in [-0.3, -0.25) is 14.4 Å². The maximum Gasteiger partial charge on any atom is 0.276 e. The maximum atomic E-state index is 15.5. The van der Waals surface area contributed by atoms with Gasteiger partial charge in [-0.2, -0.15) is 0 Å². The Morgan fingerprint density at radius 3 is 2.37 bits per heavy atom. The summed E-state index contributed by atoms with van der Waals surface area (Å²) in [7, 11) is 2.03. The normalized spacial score (nSPS) is 23.1. The van der Waals surface area contributed by atoms with E-state index in [2.05, 4.69) is 32.8 Å². The second-order valence-corrected chi connectivity index (χ2v) is 13.1. The van der Waals surface area contributed by atoms with Gasteiger partial charge in [0.05, 0.1) is 11.7 Å². The van der Waals surface area contributed by atoms with Crippen LogP contribution in [0.15, 0.2) is 22.8 Å². The van der Waals surface area contributed by atoms with Crippen molar-refractivity contribution >= 4 is 23.4 Å². The zero-order valence-electron chi connectivity index (χ0n) is 25.1. The molecule has 1 saturated heterocycles. The second-order valence-electron chi connectivity index (χ2n) is 13.1. The number of hydrogen-bond acceptors (Lipinski definition) is 8. The molecule has 3 aliphatic carbocycles. The number of aromatic nitrogens is 2. The summed E-state index contributed by atoms with van der Waals surface area (Å²) >= 11 is 0. The van der Waals surface area contributed by atoms with E-state index in [1.807, 2.05) is 14.0 Å². The number of hydrogen-bond donors (Lipinski definition) is 3. The van der Waals surface area contributed by atoms with Crippen LogP contribution in [0.4, 0.5) is 10.1 Å². The number of piperazine rings is 1. The molecular weight excluding hydrogens is 553 g/mol. The average Bonchev–Trinajstić information content (AvgIpc) is 3.86. The molecule has 12 heteroatoms. The number of amides is 3. The molecule has 6 rings (SSSR count). The minimum atomic E-state index is -0.841. The number of carbonyl (C=O) groups is 3. The lowest BCUT2D eigenvalue weighted by Crippen LogP contribution is -2.56. The second kappa shape index (κ2) is 12.0. The van der Waals surface area contributed by atoms with Gasteiger partial charge in [-0.05, 0) is 93.1 Å². The first-order chi connectivity index (χ1) is 20.6. The molecule has 0 spiro atoms. The summed E-state index contributed by atoms with van der Waals surface area (Å²) in [6.45, 7) is 5.86. The minimum absolute atomic E-state index is 0.0140. The van der Waals surface area contributed by atoms with E-state index in [1.54, 1.807) is 11.0 Å². The highest BCUT2D eigenvalue weighted by Gasteiger charge is 2.49. The molecule has 3 saturated carbocycles. The number of nitrogens with zero attached hydrogens (tertiary/aromatic N) is 4. The number of carbonyl (C=O) groups excluding carboxylic acids is 3. The molecule has 0 radical (unpaired) electrons. The van der Waals surface area contributed by atoms with Gasteiger partial charge in [0, 0.05) is 37.5 Å². The van der Waals surface area contributed by atoms with E-state index in [9.17, 15) is 14.4 Å². The van der Waals surface area contributed by atoms with Gasteiger partial charge >= 0.3 is 0 Å². The fraction of sp³-hybridized carbons (Fsp3) is 0.645. The van der Waals surface area contributed by atoms with E-state index in [0.717, 1.165) is 45.1 Å². The van der Waals surface area contributed by atoms with Crippen molar-refractivity contribution in [3.63, 3.8) is 0 Å². The van der Waals surface area contributed by atoms with Gasteiger partial charge in [0.15, 0.2) is 5.69 Å². The Balaban J connectivity index is 1.15. The lowest BCUT2D eigenvalue weighted by Gasteiger charge is -2.39. The Morgan fingerprint density at radius 2 is 1.77 bits per heavy atom. The maximum absolute atomic E-state index is 15.5. The van der Waals surface area contributed by atoms with E-state index >= 15 is 4.39 Å². The van der Waals surface area contributed by atoms with Crippen LogP contribution in [0, 0.1) is 23.6 Å². The fourth-order valence-electron chi connectivity index (χ4n) is 6.42. The van der Waals surface area contributed by atoms with Crippen molar-refractivity contribution in [2.75, 3.05) is 32.0 Å². The molecular formula is C31H42FN7O4. The molecule has 4 atom stereocenters. The third-order valence-corrected chi connectivity index (χ3v) is 9.85. The van der Waals surface area contributed by atoms with Gasteiger partial charge in [0.25, 0.3) is 5.91 Å². The zero-order valence-corrected chi connectivity index (χ0v) is 25.1. The largest absolute Gasteiger partial charge is 0.338 e. The molecule has 2 heterocycles. The van der Waals surface area contributed by atoms with Crippen LogP contribution in [-0.4, -0.2) is 82.6 Å². The van der Waals surface area contributed by atoms with E-state index in [4.69, 9.17) is 10.4 Å². The highest BCUT2D eigenvalue weighted by molar-refractivity contribution is 6.01. The molecule has 1 aromatic heterocycles. The van der Waals surface area contributed by atoms with Crippen molar-refractivity contribution in [3.8, 4) is 0 Å². The van der Waals surface area contributed by atoms with Gasteiger partial charge in [0.1, 0.15) is 17.6 Å². The van der Waals surface area contributed by atoms with Crippen LogP contribution in [0.25, 0.3) is 0 Å². The lowest BCUT2D eigenvalue weighted by atomic mass is 9.88. The fourth-order valence-corrected chi connectivity index (χ4v) is 6.42. The Bertz CT molecular complexity index is 1360.